The predicted molar refractivity (Wildman–Crippen MR) is 149 cm³/mol. The van der Waals surface area contributed by atoms with Crippen LogP contribution >= 0.6 is 0 Å². The van der Waals surface area contributed by atoms with E-state index in [2.05, 4.69) is 5.32 Å². The number of para-hydroxylation sites is 2. The number of nitrogens with one attached hydrogen (secondary N) is 1. The van der Waals surface area contributed by atoms with Crippen LogP contribution in [-0.2, 0) is 26.0 Å². The van der Waals surface area contributed by atoms with Crippen LogP contribution in [0.3, 0.4) is 0 Å². The lowest BCUT2D eigenvalue weighted by molar-refractivity contribution is -0.138. The summed E-state index contributed by atoms with van der Waals surface area (Å²) >= 11 is 0. The van der Waals surface area contributed by atoms with Gasteiger partial charge in [-0.05, 0) is 57.0 Å². The summed E-state index contributed by atoms with van der Waals surface area (Å²) in [7, 11) is -2.65. The number of ether oxygens (including phenoxy) is 1. The highest BCUT2D eigenvalue weighted by Crippen LogP contribution is 2.32. The van der Waals surface area contributed by atoms with Crippen LogP contribution in [-0.4, -0.2) is 57.9 Å². The van der Waals surface area contributed by atoms with Gasteiger partial charge in [0.05, 0.1) is 17.2 Å². The summed E-state index contributed by atoms with van der Waals surface area (Å²) in [6.45, 7) is 5.36. The summed E-state index contributed by atoms with van der Waals surface area (Å²) < 4.78 is 34.6. The zero-order valence-electron chi connectivity index (χ0n) is 22.3. The molecule has 0 spiro atoms. The van der Waals surface area contributed by atoms with Gasteiger partial charge in [0.15, 0.2) is 0 Å². The van der Waals surface area contributed by atoms with Crippen LogP contribution in [0.4, 0.5) is 5.69 Å². The Kier molecular flexibility index (Phi) is 9.90. The van der Waals surface area contributed by atoms with Gasteiger partial charge in [-0.25, -0.2) is 8.42 Å². The number of carbonyl (C=O) groups is 2. The van der Waals surface area contributed by atoms with Crippen LogP contribution in [0.25, 0.3) is 0 Å². The van der Waals surface area contributed by atoms with Gasteiger partial charge in [-0.1, -0.05) is 60.2 Å². The second kappa shape index (κ2) is 13.1. The Hall–Kier alpha value is -3.85. The molecule has 0 radical (unpaired) electrons. The molecule has 9 heteroatoms. The summed E-state index contributed by atoms with van der Waals surface area (Å²) in [6, 6.07) is 22.0. The van der Waals surface area contributed by atoms with Crippen molar-refractivity contribution in [2.24, 2.45) is 0 Å². The van der Waals surface area contributed by atoms with Gasteiger partial charge < -0.3 is 15.0 Å². The molecule has 0 aliphatic rings. The van der Waals surface area contributed by atoms with Crippen LogP contribution in [0.5, 0.6) is 5.75 Å². The number of benzene rings is 3. The van der Waals surface area contributed by atoms with Gasteiger partial charge in [0, 0.05) is 13.6 Å². The van der Waals surface area contributed by atoms with Gasteiger partial charge in [-0.15, -0.1) is 0 Å². The van der Waals surface area contributed by atoms with E-state index in [9.17, 15) is 18.0 Å². The molecule has 1 N–H and O–H groups in total. The lowest BCUT2D eigenvalue weighted by Gasteiger charge is -2.32. The number of rotatable bonds is 12. The highest BCUT2D eigenvalue weighted by atomic mass is 32.2. The minimum atomic E-state index is -4.15. The maximum Gasteiger partial charge on any atom is 0.264 e. The van der Waals surface area contributed by atoms with E-state index in [-0.39, 0.29) is 23.0 Å². The van der Waals surface area contributed by atoms with Crippen molar-refractivity contribution >= 4 is 27.5 Å². The first kappa shape index (κ1) is 28.7. The quantitative estimate of drug-likeness (QED) is 0.379. The Labute approximate surface area is 225 Å². The molecule has 2 amide bonds. The number of hydrogen-bond donors (Lipinski definition) is 1. The lowest BCUT2D eigenvalue weighted by atomic mass is 10.1. The Morgan fingerprint density at radius 2 is 1.58 bits per heavy atom. The van der Waals surface area contributed by atoms with Gasteiger partial charge in [0.1, 0.15) is 18.3 Å². The number of likely N-dealkylation sites (N-methyl/N-ethyl adjacent to an activating group) is 1. The molecular weight excluding hydrogens is 502 g/mol. The lowest BCUT2D eigenvalue weighted by Crippen LogP contribution is -2.51. The third-order valence-corrected chi connectivity index (χ3v) is 7.99. The second-order valence-electron chi connectivity index (χ2n) is 8.84. The van der Waals surface area contributed by atoms with Gasteiger partial charge in [-0.3, -0.25) is 13.9 Å². The molecule has 0 aromatic heterocycles. The summed E-state index contributed by atoms with van der Waals surface area (Å²) in [5.41, 5.74) is 2.16. The van der Waals surface area contributed by atoms with E-state index < -0.39 is 28.5 Å². The van der Waals surface area contributed by atoms with Crippen LogP contribution in [0.1, 0.15) is 25.0 Å². The normalized spacial score (nSPS) is 11.9. The number of anilines is 1. The first-order valence-electron chi connectivity index (χ1n) is 12.5. The van der Waals surface area contributed by atoms with Crippen molar-refractivity contribution in [3.8, 4) is 5.75 Å². The van der Waals surface area contributed by atoms with E-state index in [1.165, 1.54) is 24.1 Å². The fourth-order valence-corrected chi connectivity index (χ4v) is 5.50. The number of carbonyl (C=O) groups excluding carboxylic acids is 2. The van der Waals surface area contributed by atoms with E-state index in [0.717, 1.165) is 15.4 Å². The van der Waals surface area contributed by atoms with Crippen molar-refractivity contribution in [1.29, 1.82) is 0 Å². The zero-order chi connectivity index (χ0) is 27.7. The summed E-state index contributed by atoms with van der Waals surface area (Å²) in [5.74, 6) is -0.498. The fourth-order valence-electron chi connectivity index (χ4n) is 4.07. The first-order valence-corrected chi connectivity index (χ1v) is 14.0. The Bertz CT molecular complexity index is 1330. The average molecular weight is 538 g/mol. The van der Waals surface area contributed by atoms with Crippen LogP contribution in [0.15, 0.2) is 83.8 Å². The first-order chi connectivity index (χ1) is 18.2. The molecule has 8 nitrogen and oxygen atoms in total. The molecule has 1 atom stereocenters. The molecule has 0 aliphatic heterocycles. The third-order valence-electron chi connectivity index (χ3n) is 6.22. The van der Waals surface area contributed by atoms with Gasteiger partial charge in [-0.2, -0.15) is 0 Å². The maximum atomic E-state index is 13.9. The van der Waals surface area contributed by atoms with Crippen molar-refractivity contribution in [2.45, 2.75) is 38.1 Å². The Balaban J connectivity index is 2.03. The third kappa shape index (κ3) is 6.92. The van der Waals surface area contributed by atoms with Crippen molar-refractivity contribution in [1.82, 2.24) is 10.2 Å². The highest BCUT2D eigenvalue weighted by Gasteiger charge is 2.33. The maximum absolute atomic E-state index is 13.9. The molecule has 202 valence electrons. The molecule has 0 bridgehead atoms. The zero-order valence-corrected chi connectivity index (χ0v) is 23.1. The van der Waals surface area contributed by atoms with Crippen molar-refractivity contribution in [3.05, 3.63) is 90.0 Å². The predicted octanol–water partition coefficient (Wildman–Crippen LogP) is 3.79. The topological polar surface area (TPSA) is 96.0 Å². The van der Waals surface area contributed by atoms with Gasteiger partial charge >= 0.3 is 0 Å². The number of aryl methyl sites for hydroxylation is 1. The molecule has 38 heavy (non-hydrogen) atoms. The van der Waals surface area contributed by atoms with E-state index in [4.69, 9.17) is 4.74 Å². The molecular formula is C29H35N3O5S. The molecule has 0 saturated carbocycles. The van der Waals surface area contributed by atoms with E-state index in [1.807, 2.05) is 37.3 Å². The SMILES string of the molecule is CCOc1ccccc1N(CC(=O)N(CCc1ccccc1)[C@H](C)C(=O)NC)S(=O)(=O)c1ccc(C)cc1. The molecule has 3 aromatic carbocycles. The molecule has 0 saturated heterocycles. The highest BCUT2D eigenvalue weighted by molar-refractivity contribution is 7.92. The van der Waals surface area contributed by atoms with E-state index in [1.54, 1.807) is 50.2 Å². The number of amides is 2. The minimum absolute atomic E-state index is 0.0531. The van der Waals surface area contributed by atoms with Crippen LogP contribution < -0.4 is 14.4 Å². The number of hydrogen-bond acceptors (Lipinski definition) is 5. The standard InChI is InChI=1S/C29H35N3O5S/c1-5-37-27-14-10-9-13-26(27)32(38(35,36)25-17-15-22(2)16-18-25)21-28(33)31(23(3)29(34)30-4)20-19-24-11-7-6-8-12-24/h6-18,23H,5,19-21H2,1-4H3,(H,30,34)/t23-/m1/s1. The fraction of sp³-hybridized carbons (Fsp3) is 0.310. The van der Waals surface area contributed by atoms with Crippen molar-refractivity contribution < 1.29 is 22.7 Å². The van der Waals surface area contributed by atoms with Gasteiger partial charge in [0.25, 0.3) is 10.0 Å². The van der Waals surface area contributed by atoms with E-state index >= 15 is 0 Å². The van der Waals surface area contributed by atoms with Crippen molar-refractivity contribution in [3.63, 3.8) is 0 Å². The smallest absolute Gasteiger partial charge is 0.264 e. The summed E-state index contributed by atoms with van der Waals surface area (Å²) in [5, 5.41) is 2.59. The molecule has 3 aromatic rings. The van der Waals surface area contributed by atoms with Gasteiger partial charge in [0.2, 0.25) is 11.8 Å². The van der Waals surface area contributed by atoms with Crippen LogP contribution in [0.2, 0.25) is 0 Å². The monoisotopic (exact) mass is 537 g/mol. The Morgan fingerprint density at radius 1 is 0.947 bits per heavy atom. The second-order valence-corrected chi connectivity index (χ2v) is 10.7. The molecule has 0 heterocycles. The van der Waals surface area contributed by atoms with Crippen molar-refractivity contribution in [2.75, 3.05) is 31.0 Å². The number of nitrogens with zero attached hydrogens (tertiary/aromatic N) is 2. The molecule has 0 aliphatic carbocycles. The Morgan fingerprint density at radius 3 is 2.21 bits per heavy atom. The van der Waals surface area contributed by atoms with Crippen LogP contribution in [0, 0.1) is 6.92 Å². The minimum Gasteiger partial charge on any atom is -0.492 e. The number of sulfonamides is 1. The summed E-state index contributed by atoms with van der Waals surface area (Å²) in [4.78, 5) is 27.8. The largest absolute Gasteiger partial charge is 0.492 e. The molecule has 0 fully saturated rings. The average Bonchev–Trinajstić information content (AvgIpc) is 2.92. The molecule has 3 rings (SSSR count). The van der Waals surface area contributed by atoms with E-state index in [0.29, 0.717) is 18.8 Å². The summed E-state index contributed by atoms with van der Waals surface area (Å²) in [6.07, 6.45) is 0.508. The molecule has 0 unspecified atom stereocenters.